The second-order valence-corrected chi connectivity index (χ2v) is 5.86. The number of benzene rings is 2. The predicted molar refractivity (Wildman–Crippen MR) is 90.3 cm³/mol. The summed E-state index contributed by atoms with van der Waals surface area (Å²) >= 11 is 3.51. The fourth-order valence-electron chi connectivity index (χ4n) is 2.15. The topological polar surface area (TPSA) is 35.5 Å². The van der Waals surface area contributed by atoms with Crippen LogP contribution in [-0.4, -0.2) is 13.1 Å². The quantitative estimate of drug-likeness (QED) is 0.674. The Morgan fingerprint density at radius 1 is 1.09 bits per heavy atom. The number of aryl methyl sites for hydroxylation is 1. The van der Waals surface area contributed by atoms with Crippen molar-refractivity contribution in [2.45, 2.75) is 26.2 Å². The molecule has 22 heavy (non-hydrogen) atoms. The first-order valence-corrected chi connectivity index (χ1v) is 7.99. The van der Waals surface area contributed by atoms with Gasteiger partial charge in [0.15, 0.2) is 0 Å². The number of hydrogen-bond donors (Lipinski definition) is 0. The lowest BCUT2D eigenvalue weighted by Gasteiger charge is -2.13. The molecule has 0 heterocycles. The standard InChI is InChI=1S/C18H19BrO3/c1-13-15(19)9-6-11-16(13)22-17-10-4-3-7-14(17)8-5-12-18(20)21-2/h3-4,6-7,9-11H,5,8,12H2,1-2H3. The van der Waals surface area contributed by atoms with E-state index in [-0.39, 0.29) is 5.97 Å². The number of rotatable bonds is 6. The summed E-state index contributed by atoms with van der Waals surface area (Å²) < 4.78 is 11.7. The molecule has 116 valence electrons. The van der Waals surface area contributed by atoms with Gasteiger partial charge in [-0.05, 0) is 43.5 Å². The second-order valence-electron chi connectivity index (χ2n) is 5.00. The number of carbonyl (C=O) groups excluding carboxylic acids is 1. The molecular formula is C18H19BrO3. The molecule has 2 aromatic carbocycles. The maximum absolute atomic E-state index is 11.2. The van der Waals surface area contributed by atoms with E-state index in [4.69, 9.17) is 4.74 Å². The second kappa shape index (κ2) is 7.99. The van der Waals surface area contributed by atoms with Crippen LogP contribution in [0.1, 0.15) is 24.0 Å². The molecule has 2 rings (SSSR count). The summed E-state index contributed by atoms with van der Waals surface area (Å²) in [4.78, 5) is 11.2. The number of hydrogen-bond acceptors (Lipinski definition) is 3. The van der Waals surface area contributed by atoms with Gasteiger partial charge in [-0.1, -0.05) is 40.2 Å². The molecule has 0 fully saturated rings. The average Bonchev–Trinajstić information content (AvgIpc) is 2.53. The molecule has 0 spiro atoms. The van der Waals surface area contributed by atoms with Crippen molar-refractivity contribution >= 4 is 21.9 Å². The molecule has 2 aromatic rings. The van der Waals surface area contributed by atoms with Crippen molar-refractivity contribution in [3.05, 3.63) is 58.1 Å². The molecule has 0 saturated heterocycles. The summed E-state index contributed by atoms with van der Waals surface area (Å²) in [5, 5.41) is 0. The van der Waals surface area contributed by atoms with E-state index < -0.39 is 0 Å². The van der Waals surface area contributed by atoms with Crippen molar-refractivity contribution in [2.75, 3.05) is 7.11 Å². The van der Waals surface area contributed by atoms with E-state index in [0.29, 0.717) is 6.42 Å². The molecule has 0 amide bonds. The lowest BCUT2D eigenvalue weighted by Crippen LogP contribution is -2.01. The Bertz CT molecular complexity index is 653. The Balaban J connectivity index is 2.11. The van der Waals surface area contributed by atoms with E-state index in [1.165, 1.54) is 7.11 Å². The number of methoxy groups -OCH3 is 1. The zero-order valence-electron chi connectivity index (χ0n) is 12.8. The van der Waals surface area contributed by atoms with E-state index >= 15 is 0 Å². The van der Waals surface area contributed by atoms with Gasteiger partial charge in [-0.15, -0.1) is 0 Å². The number of ether oxygens (including phenoxy) is 2. The maximum Gasteiger partial charge on any atom is 0.305 e. The van der Waals surface area contributed by atoms with Gasteiger partial charge in [0.2, 0.25) is 0 Å². The lowest BCUT2D eigenvalue weighted by atomic mass is 10.1. The monoisotopic (exact) mass is 362 g/mol. The van der Waals surface area contributed by atoms with Gasteiger partial charge in [0.05, 0.1) is 7.11 Å². The third-order valence-corrected chi connectivity index (χ3v) is 4.32. The SMILES string of the molecule is COC(=O)CCCc1ccccc1Oc1cccc(Br)c1C. The van der Waals surface area contributed by atoms with E-state index in [1.807, 2.05) is 49.4 Å². The summed E-state index contributed by atoms with van der Waals surface area (Å²) in [6.45, 7) is 2.01. The molecule has 0 aromatic heterocycles. The molecular weight excluding hydrogens is 344 g/mol. The Morgan fingerprint density at radius 3 is 2.59 bits per heavy atom. The minimum absolute atomic E-state index is 0.179. The fraction of sp³-hybridized carbons (Fsp3) is 0.278. The molecule has 0 radical (unpaired) electrons. The van der Waals surface area contributed by atoms with Crippen LogP contribution >= 0.6 is 15.9 Å². The van der Waals surface area contributed by atoms with E-state index in [9.17, 15) is 4.79 Å². The molecule has 0 bridgehead atoms. The zero-order chi connectivity index (χ0) is 15.9. The Hall–Kier alpha value is -1.81. The molecule has 0 atom stereocenters. The minimum atomic E-state index is -0.179. The normalized spacial score (nSPS) is 10.3. The van der Waals surface area contributed by atoms with Crippen LogP contribution in [0.2, 0.25) is 0 Å². The fourth-order valence-corrected chi connectivity index (χ4v) is 2.50. The number of para-hydroxylation sites is 1. The number of esters is 1. The summed E-state index contributed by atoms with van der Waals surface area (Å²) in [5.74, 6) is 1.48. The molecule has 0 N–H and O–H groups in total. The first-order valence-electron chi connectivity index (χ1n) is 7.19. The van der Waals surface area contributed by atoms with Gasteiger partial charge in [0, 0.05) is 16.5 Å². The predicted octanol–water partition coefficient (Wildman–Crippen LogP) is 5.05. The minimum Gasteiger partial charge on any atom is -0.469 e. The highest BCUT2D eigenvalue weighted by atomic mass is 79.9. The summed E-state index contributed by atoms with van der Waals surface area (Å²) in [7, 11) is 1.41. The highest BCUT2D eigenvalue weighted by Gasteiger charge is 2.09. The highest BCUT2D eigenvalue weighted by Crippen LogP contribution is 2.32. The summed E-state index contributed by atoms with van der Waals surface area (Å²) in [5.41, 5.74) is 2.15. The summed E-state index contributed by atoms with van der Waals surface area (Å²) in [6, 6.07) is 13.8. The van der Waals surface area contributed by atoms with E-state index in [0.717, 1.165) is 39.9 Å². The molecule has 0 aliphatic carbocycles. The van der Waals surface area contributed by atoms with E-state index in [2.05, 4.69) is 20.7 Å². The van der Waals surface area contributed by atoms with Crippen molar-refractivity contribution in [1.82, 2.24) is 0 Å². The van der Waals surface area contributed by atoms with Crippen LogP contribution in [0.15, 0.2) is 46.9 Å². The van der Waals surface area contributed by atoms with Crippen molar-refractivity contribution in [2.24, 2.45) is 0 Å². The third-order valence-electron chi connectivity index (χ3n) is 3.47. The molecule has 0 aliphatic heterocycles. The van der Waals surface area contributed by atoms with Crippen LogP contribution in [0.4, 0.5) is 0 Å². The largest absolute Gasteiger partial charge is 0.469 e. The van der Waals surface area contributed by atoms with Crippen LogP contribution in [-0.2, 0) is 16.0 Å². The number of carbonyl (C=O) groups is 1. The van der Waals surface area contributed by atoms with Gasteiger partial charge in [-0.2, -0.15) is 0 Å². The highest BCUT2D eigenvalue weighted by molar-refractivity contribution is 9.10. The van der Waals surface area contributed by atoms with Crippen LogP contribution in [0, 0.1) is 6.92 Å². The van der Waals surface area contributed by atoms with Crippen LogP contribution in [0.5, 0.6) is 11.5 Å². The molecule has 0 aliphatic rings. The molecule has 3 nitrogen and oxygen atoms in total. The maximum atomic E-state index is 11.2. The first kappa shape index (κ1) is 16.6. The van der Waals surface area contributed by atoms with Gasteiger partial charge in [0.1, 0.15) is 11.5 Å². The van der Waals surface area contributed by atoms with Crippen molar-refractivity contribution < 1.29 is 14.3 Å². The van der Waals surface area contributed by atoms with E-state index in [1.54, 1.807) is 0 Å². The van der Waals surface area contributed by atoms with Gasteiger partial charge in [-0.3, -0.25) is 4.79 Å². The average molecular weight is 363 g/mol. The van der Waals surface area contributed by atoms with Gasteiger partial charge in [0.25, 0.3) is 0 Å². The Morgan fingerprint density at radius 2 is 1.82 bits per heavy atom. The summed E-state index contributed by atoms with van der Waals surface area (Å²) in [6.07, 6.45) is 1.93. The van der Waals surface area contributed by atoms with Gasteiger partial charge >= 0.3 is 5.97 Å². The first-order chi connectivity index (χ1) is 10.6. The molecule has 0 unspecified atom stereocenters. The molecule has 0 saturated carbocycles. The number of halogens is 1. The Kier molecular flexibility index (Phi) is 6.01. The van der Waals surface area contributed by atoms with Crippen LogP contribution < -0.4 is 4.74 Å². The van der Waals surface area contributed by atoms with Gasteiger partial charge in [-0.25, -0.2) is 0 Å². The van der Waals surface area contributed by atoms with Crippen molar-refractivity contribution in [1.29, 1.82) is 0 Å². The third kappa shape index (κ3) is 4.34. The van der Waals surface area contributed by atoms with Crippen LogP contribution in [0.25, 0.3) is 0 Å². The zero-order valence-corrected chi connectivity index (χ0v) is 14.4. The van der Waals surface area contributed by atoms with Crippen LogP contribution in [0.3, 0.4) is 0 Å². The smallest absolute Gasteiger partial charge is 0.305 e. The Labute approximate surface area is 139 Å². The van der Waals surface area contributed by atoms with Gasteiger partial charge < -0.3 is 9.47 Å². The lowest BCUT2D eigenvalue weighted by molar-refractivity contribution is -0.140. The van der Waals surface area contributed by atoms with Crippen molar-refractivity contribution in [3.63, 3.8) is 0 Å². The molecule has 4 heteroatoms. The van der Waals surface area contributed by atoms with Crippen molar-refractivity contribution in [3.8, 4) is 11.5 Å².